The van der Waals surface area contributed by atoms with Gasteiger partial charge in [0.15, 0.2) is 0 Å². The molecule has 1 heterocycles. The van der Waals surface area contributed by atoms with E-state index in [1.165, 1.54) is 22.5 Å². The Bertz CT molecular complexity index is 966. The molecule has 0 aromatic heterocycles. The molecular formula is C20H22ClN3O3S. The largest absolute Gasteiger partial charge is 0.323 e. The number of hydrogen-bond acceptors (Lipinski definition) is 4. The summed E-state index contributed by atoms with van der Waals surface area (Å²) in [6.45, 7) is 2.38. The van der Waals surface area contributed by atoms with E-state index in [2.05, 4.69) is 10.2 Å². The number of sulfonamides is 1. The van der Waals surface area contributed by atoms with E-state index in [-0.39, 0.29) is 10.8 Å². The molecule has 1 saturated heterocycles. The second-order valence-electron chi connectivity index (χ2n) is 6.58. The molecule has 0 bridgehead atoms. The van der Waals surface area contributed by atoms with Crippen LogP contribution in [0.25, 0.3) is 6.08 Å². The molecule has 1 aliphatic heterocycles. The van der Waals surface area contributed by atoms with Gasteiger partial charge in [-0.2, -0.15) is 4.31 Å². The van der Waals surface area contributed by atoms with Crippen molar-refractivity contribution in [2.24, 2.45) is 0 Å². The van der Waals surface area contributed by atoms with Gasteiger partial charge in [0.2, 0.25) is 15.9 Å². The first-order valence-electron chi connectivity index (χ1n) is 8.88. The first-order chi connectivity index (χ1) is 13.4. The first-order valence-corrected chi connectivity index (χ1v) is 10.7. The summed E-state index contributed by atoms with van der Waals surface area (Å²) >= 11 is 6.05. The van der Waals surface area contributed by atoms with Gasteiger partial charge in [-0.25, -0.2) is 8.42 Å². The maximum Gasteiger partial charge on any atom is 0.248 e. The van der Waals surface area contributed by atoms with Crippen LogP contribution in [-0.2, 0) is 14.8 Å². The van der Waals surface area contributed by atoms with Gasteiger partial charge in [-0.15, -0.1) is 0 Å². The number of carbonyl (C=O) groups excluding carboxylic acids is 1. The number of amides is 1. The molecule has 2 aromatic rings. The highest BCUT2D eigenvalue weighted by Gasteiger charge is 2.27. The smallest absolute Gasteiger partial charge is 0.248 e. The minimum absolute atomic E-state index is 0.224. The van der Waals surface area contributed by atoms with Crippen LogP contribution >= 0.6 is 11.6 Å². The third kappa shape index (κ3) is 4.99. The molecule has 0 saturated carbocycles. The van der Waals surface area contributed by atoms with Crippen LogP contribution < -0.4 is 5.32 Å². The van der Waals surface area contributed by atoms with Crippen LogP contribution in [0.4, 0.5) is 5.69 Å². The van der Waals surface area contributed by atoms with Crippen LogP contribution in [0.2, 0.25) is 5.02 Å². The lowest BCUT2D eigenvalue weighted by Gasteiger charge is -2.31. The van der Waals surface area contributed by atoms with Crippen molar-refractivity contribution in [1.82, 2.24) is 9.21 Å². The molecule has 1 aliphatic rings. The van der Waals surface area contributed by atoms with Crippen molar-refractivity contribution in [2.45, 2.75) is 4.90 Å². The number of rotatable bonds is 5. The molecule has 6 nitrogen and oxygen atoms in total. The number of hydrogen-bond donors (Lipinski definition) is 1. The lowest BCUT2D eigenvalue weighted by Crippen LogP contribution is -2.46. The molecule has 28 heavy (non-hydrogen) atoms. The molecule has 148 valence electrons. The van der Waals surface area contributed by atoms with E-state index in [0.29, 0.717) is 36.9 Å². The van der Waals surface area contributed by atoms with Crippen molar-refractivity contribution < 1.29 is 13.2 Å². The summed E-state index contributed by atoms with van der Waals surface area (Å²) in [7, 11) is -1.54. The average Bonchev–Trinajstić information content (AvgIpc) is 2.68. The van der Waals surface area contributed by atoms with Crippen LogP contribution in [0.1, 0.15) is 5.56 Å². The third-order valence-corrected chi connectivity index (χ3v) is 6.80. The molecule has 2 aromatic carbocycles. The minimum Gasteiger partial charge on any atom is -0.323 e. The van der Waals surface area contributed by atoms with Crippen molar-refractivity contribution in [3.8, 4) is 0 Å². The first kappa shape index (κ1) is 20.5. The summed E-state index contributed by atoms with van der Waals surface area (Å²) in [5, 5.41) is 3.27. The van der Waals surface area contributed by atoms with Gasteiger partial charge in [-0.1, -0.05) is 29.8 Å². The zero-order chi connectivity index (χ0) is 20.1. The SMILES string of the molecule is CN1CCN(S(=O)(=O)c2ccc(NC(=O)/C=C\c3ccccc3Cl)cc2)CC1. The zero-order valence-electron chi connectivity index (χ0n) is 15.5. The molecule has 1 amide bonds. The normalized spacial score (nSPS) is 16.4. The van der Waals surface area contributed by atoms with Crippen LogP contribution in [0.15, 0.2) is 59.5 Å². The molecule has 0 aliphatic carbocycles. The Morgan fingerprint density at radius 3 is 2.32 bits per heavy atom. The van der Waals surface area contributed by atoms with Gasteiger partial charge in [0.25, 0.3) is 0 Å². The van der Waals surface area contributed by atoms with Crippen LogP contribution in [0.3, 0.4) is 0 Å². The molecular weight excluding hydrogens is 398 g/mol. The van der Waals surface area contributed by atoms with Crippen molar-refractivity contribution in [3.63, 3.8) is 0 Å². The second-order valence-corrected chi connectivity index (χ2v) is 8.92. The molecule has 0 unspecified atom stereocenters. The summed E-state index contributed by atoms with van der Waals surface area (Å²) < 4.78 is 26.9. The van der Waals surface area contributed by atoms with Crippen LogP contribution in [0, 0.1) is 0 Å². The average molecular weight is 420 g/mol. The number of piperazine rings is 1. The predicted octanol–water partition coefficient (Wildman–Crippen LogP) is 2.93. The van der Waals surface area contributed by atoms with E-state index in [1.807, 2.05) is 25.2 Å². The quantitative estimate of drug-likeness (QED) is 0.756. The fourth-order valence-corrected chi connectivity index (χ4v) is 4.47. The highest BCUT2D eigenvalue weighted by Crippen LogP contribution is 2.20. The molecule has 8 heteroatoms. The summed E-state index contributed by atoms with van der Waals surface area (Å²) in [6.07, 6.45) is 3.01. The maximum absolute atomic E-state index is 12.7. The van der Waals surface area contributed by atoms with E-state index in [1.54, 1.807) is 24.3 Å². The van der Waals surface area contributed by atoms with E-state index in [9.17, 15) is 13.2 Å². The van der Waals surface area contributed by atoms with E-state index in [0.717, 1.165) is 5.56 Å². The molecule has 0 spiro atoms. The summed E-state index contributed by atoms with van der Waals surface area (Å²) in [4.78, 5) is 14.4. The molecule has 3 rings (SSSR count). The summed E-state index contributed by atoms with van der Waals surface area (Å²) in [5.41, 5.74) is 1.26. The summed E-state index contributed by atoms with van der Waals surface area (Å²) in [6, 6.07) is 13.4. The Kier molecular flexibility index (Phi) is 6.51. The molecule has 1 fully saturated rings. The number of anilines is 1. The minimum atomic E-state index is -3.52. The van der Waals surface area contributed by atoms with Crippen molar-refractivity contribution in [1.29, 1.82) is 0 Å². The lowest BCUT2D eigenvalue weighted by molar-refractivity contribution is -0.111. The Labute approximate surface area is 170 Å². The van der Waals surface area contributed by atoms with E-state index in [4.69, 9.17) is 11.6 Å². The van der Waals surface area contributed by atoms with Crippen molar-refractivity contribution >= 4 is 39.3 Å². The van der Waals surface area contributed by atoms with Crippen molar-refractivity contribution in [3.05, 3.63) is 65.2 Å². The van der Waals surface area contributed by atoms with E-state index >= 15 is 0 Å². The number of halogens is 1. The highest BCUT2D eigenvalue weighted by atomic mass is 35.5. The molecule has 1 N–H and O–H groups in total. The Morgan fingerprint density at radius 1 is 1.04 bits per heavy atom. The maximum atomic E-state index is 12.7. The van der Waals surface area contributed by atoms with Gasteiger partial charge in [-0.05, 0) is 49.0 Å². The summed E-state index contributed by atoms with van der Waals surface area (Å²) in [5.74, 6) is -0.324. The molecule has 0 atom stereocenters. The molecule has 0 radical (unpaired) electrons. The number of nitrogens with one attached hydrogen (secondary N) is 1. The number of nitrogens with zero attached hydrogens (tertiary/aromatic N) is 2. The van der Waals surface area contributed by atoms with Crippen molar-refractivity contribution in [2.75, 3.05) is 38.5 Å². The predicted molar refractivity (Wildman–Crippen MR) is 112 cm³/mol. The fraction of sp³-hybridized carbons (Fsp3) is 0.250. The van der Waals surface area contributed by atoms with E-state index < -0.39 is 10.0 Å². The van der Waals surface area contributed by atoms with Gasteiger partial charge in [0.1, 0.15) is 0 Å². The van der Waals surface area contributed by atoms with Crippen LogP contribution in [-0.4, -0.2) is 56.8 Å². The zero-order valence-corrected chi connectivity index (χ0v) is 17.1. The number of carbonyl (C=O) groups is 1. The fourth-order valence-electron chi connectivity index (χ4n) is 2.85. The highest BCUT2D eigenvalue weighted by molar-refractivity contribution is 7.89. The lowest BCUT2D eigenvalue weighted by atomic mass is 10.2. The standard InChI is InChI=1S/C20H22ClN3O3S/c1-23-12-14-24(15-13-23)28(26,27)18-9-7-17(8-10-18)22-20(25)11-6-16-4-2-3-5-19(16)21/h2-11H,12-15H2,1H3,(H,22,25)/b11-6-. The topological polar surface area (TPSA) is 69.7 Å². The van der Waals surface area contributed by atoms with Gasteiger partial charge >= 0.3 is 0 Å². The van der Waals surface area contributed by atoms with Crippen LogP contribution in [0.5, 0.6) is 0 Å². The van der Waals surface area contributed by atoms with Gasteiger partial charge in [0, 0.05) is 43.0 Å². The Balaban J connectivity index is 1.64. The third-order valence-electron chi connectivity index (χ3n) is 4.54. The van der Waals surface area contributed by atoms with Gasteiger partial charge < -0.3 is 10.2 Å². The Hall–Kier alpha value is -2.19. The Morgan fingerprint density at radius 2 is 1.68 bits per heavy atom. The number of likely N-dealkylation sites (N-methyl/N-ethyl adjacent to an activating group) is 1. The van der Waals surface area contributed by atoms with Gasteiger partial charge in [-0.3, -0.25) is 4.79 Å². The number of benzene rings is 2. The monoisotopic (exact) mass is 419 g/mol. The van der Waals surface area contributed by atoms with Gasteiger partial charge in [0.05, 0.1) is 4.90 Å². The second kappa shape index (κ2) is 8.87.